The number of para-hydroxylation sites is 1. The number of nitrogens with zero attached hydrogens (tertiary/aromatic N) is 1. The standard InChI is InChI=1S/C27H22ClNO3/c1-16-7-11-19(12-8-16)24-15-22(21-5-4-6-23(28)25(21)29-24)27(31)32-18(3)26(30)20-13-9-17(2)10-14-20/h4-15,18H,1-3H3. The zero-order valence-electron chi connectivity index (χ0n) is 18.1. The van der Waals surface area contributed by atoms with E-state index in [4.69, 9.17) is 16.3 Å². The van der Waals surface area contributed by atoms with Crippen molar-refractivity contribution < 1.29 is 14.3 Å². The molecule has 0 aliphatic heterocycles. The first-order valence-corrected chi connectivity index (χ1v) is 10.7. The molecule has 0 spiro atoms. The van der Waals surface area contributed by atoms with Gasteiger partial charge in [-0.3, -0.25) is 4.79 Å². The molecule has 1 atom stereocenters. The number of pyridine rings is 1. The zero-order valence-corrected chi connectivity index (χ0v) is 18.8. The molecule has 0 N–H and O–H groups in total. The Bertz CT molecular complexity index is 1310. The van der Waals surface area contributed by atoms with Crippen LogP contribution < -0.4 is 0 Å². The van der Waals surface area contributed by atoms with Crippen LogP contribution in [-0.2, 0) is 4.74 Å². The summed E-state index contributed by atoms with van der Waals surface area (Å²) in [7, 11) is 0. The molecule has 160 valence electrons. The van der Waals surface area contributed by atoms with Crippen LogP contribution in [0.15, 0.2) is 72.8 Å². The molecular formula is C27H22ClNO3. The van der Waals surface area contributed by atoms with E-state index in [1.165, 1.54) is 0 Å². The molecule has 0 aliphatic carbocycles. The SMILES string of the molecule is Cc1ccc(C(=O)C(C)OC(=O)c2cc(-c3ccc(C)cc3)nc3c(Cl)cccc23)cc1. The van der Waals surface area contributed by atoms with Crippen molar-refractivity contribution in [1.82, 2.24) is 4.98 Å². The minimum atomic E-state index is -0.935. The third-order valence-electron chi connectivity index (χ3n) is 5.35. The summed E-state index contributed by atoms with van der Waals surface area (Å²) in [4.78, 5) is 30.6. The van der Waals surface area contributed by atoms with Crippen molar-refractivity contribution in [3.8, 4) is 11.3 Å². The zero-order chi connectivity index (χ0) is 22.8. The van der Waals surface area contributed by atoms with Crippen molar-refractivity contribution in [3.05, 3.63) is 100 Å². The van der Waals surface area contributed by atoms with Crippen molar-refractivity contribution in [2.75, 3.05) is 0 Å². The topological polar surface area (TPSA) is 56.3 Å². The van der Waals surface area contributed by atoms with E-state index in [9.17, 15) is 9.59 Å². The van der Waals surface area contributed by atoms with Crippen molar-refractivity contribution in [2.45, 2.75) is 26.9 Å². The van der Waals surface area contributed by atoms with Crippen LogP contribution in [-0.4, -0.2) is 22.8 Å². The van der Waals surface area contributed by atoms with Gasteiger partial charge in [0.25, 0.3) is 0 Å². The highest BCUT2D eigenvalue weighted by Gasteiger charge is 2.23. The highest BCUT2D eigenvalue weighted by Crippen LogP contribution is 2.30. The Morgan fingerprint density at radius 1 is 0.906 bits per heavy atom. The molecule has 0 amide bonds. The van der Waals surface area contributed by atoms with Gasteiger partial charge in [-0.1, -0.05) is 83.4 Å². The molecule has 1 aromatic heterocycles. The van der Waals surface area contributed by atoms with Gasteiger partial charge in [0.15, 0.2) is 6.10 Å². The molecule has 1 unspecified atom stereocenters. The molecule has 0 radical (unpaired) electrons. The molecule has 0 bridgehead atoms. The molecule has 0 fully saturated rings. The Morgan fingerprint density at radius 2 is 1.53 bits per heavy atom. The fourth-order valence-corrected chi connectivity index (χ4v) is 3.70. The van der Waals surface area contributed by atoms with E-state index in [2.05, 4.69) is 4.98 Å². The number of Topliss-reactive ketones (excluding diaryl/α,β-unsaturated/α-hetero) is 1. The minimum absolute atomic E-state index is 0.256. The maximum Gasteiger partial charge on any atom is 0.339 e. The lowest BCUT2D eigenvalue weighted by molar-refractivity contribution is 0.0320. The lowest BCUT2D eigenvalue weighted by Gasteiger charge is -2.15. The van der Waals surface area contributed by atoms with Crippen LogP contribution in [0.2, 0.25) is 5.02 Å². The van der Waals surface area contributed by atoms with Crippen molar-refractivity contribution in [1.29, 1.82) is 0 Å². The van der Waals surface area contributed by atoms with Crippen molar-refractivity contribution >= 4 is 34.3 Å². The third kappa shape index (κ3) is 4.41. The van der Waals surface area contributed by atoms with Gasteiger partial charge in [-0.05, 0) is 32.9 Å². The number of fused-ring (bicyclic) bond motifs is 1. The number of ether oxygens (including phenoxy) is 1. The van der Waals surface area contributed by atoms with Crippen molar-refractivity contribution in [3.63, 3.8) is 0 Å². The first-order chi connectivity index (χ1) is 15.3. The summed E-state index contributed by atoms with van der Waals surface area (Å²) in [6.07, 6.45) is -0.935. The molecule has 5 heteroatoms. The van der Waals surface area contributed by atoms with E-state index < -0.39 is 12.1 Å². The Hall–Kier alpha value is -3.50. The molecule has 3 aromatic carbocycles. The summed E-state index contributed by atoms with van der Waals surface area (Å²) in [6, 6.07) is 22.0. The number of halogens is 1. The Balaban J connectivity index is 1.71. The minimum Gasteiger partial charge on any atom is -0.451 e. The van der Waals surface area contributed by atoms with E-state index in [0.717, 1.165) is 16.7 Å². The molecule has 4 nitrogen and oxygen atoms in total. The maximum absolute atomic E-state index is 13.2. The number of hydrogen-bond acceptors (Lipinski definition) is 4. The van der Waals surface area contributed by atoms with Crippen LogP contribution in [0.5, 0.6) is 0 Å². The fraction of sp³-hybridized carbons (Fsp3) is 0.148. The highest BCUT2D eigenvalue weighted by molar-refractivity contribution is 6.35. The fourth-order valence-electron chi connectivity index (χ4n) is 3.48. The van der Waals surface area contributed by atoms with Gasteiger partial charge in [0.1, 0.15) is 0 Å². The molecule has 0 aliphatic rings. The molecule has 0 saturated carbocycles. The normalized spacial score (nSPS) is 11.9. The summed E-state index contributed by atoms with van der Waals surface area (Å²) in [5.41, 5.74) is 4.96. The molecular weight excluding hydrogens is 422 g/mol. The number of aromatic nitrogens is 1. The van der Waals surface area contributed by atoms with Gasteiger partial charge >= 0.3 is 5.97 Å². The Labute approximate surface area is 191 Å². The lowest BCUT2D eigenvalue weighted by Crippen LogP contribution is -2.24. The summed E-state index contributed by atoms with van der Waals surface area (Å²) in [6.45, 7) is 5.53. The number of benzene rings is 3. The Morgan fingerprint density at radius 3 is 2.19 bits per heavy atom. The summed E-state index contributed by atoms with van der Waals surface area (Å²) >= 11 is 6.40. The largest absolute Gasteiger partial charge is 0.451 e. The Kier molecular flexibility index (Phi) is 6.06. The first-order valence-electron chi connectivity index (χ1n) is 10.3. The van der Waals surface area contributed by atoms with Gasteiger partial charge in [0.2, 0.25) is 5.78 Å². The quantitative estimate of drug-likeness (QED) is 0.257. The van der Waals surface area contributed by atoms with Gasteiger partial charge in [0.05, 0.1) is 21.8 Å². The van der Waals surface area contributed by atoms with Crippen LogP contribution >= 0.6 is 11.6 Å². The maximum atomic E-state index is 13.2. The van der Waals surface area contributed by atoms with Crippen LogP contribution in [0.4, 0.5) is 0 Å². The number of carbonyl (C=O) groups excluding carboxylic acids is 2. The van der Waals surface area contributed by atoms with Crippen molar-refractivity contribution in [2.24, 2.45) is 0 Å². The lowest BCUT2D eigenvalue weighted by atomic mass is 10.0. The molecule has 4 rings (SSSR count). The van der Waals surface area contributed by atoms with Gasteiger partial charge in [-0.15, -0.1) is 0 Å². The number of carbonyl (C=O) groups is 2. The van der Waals surface area contributed by atoms with E-state index in [1.807, 2.05) is 50.2 Å². The number of esters is 1. The monoisotopic (exact) mass is 443 g/mol. The second-order valence-corrected chi connectivity index (χ2v) is 8.24. The molecule has 0 saturated heterocycles. The van der Waals surface area contributed by atoms with Crippen LogP contribution in [0, 0.1) is 13.8 Å². The van der Waals surface area contributed by atoms with Gasteiger partial charge in [-0.2, -0.15) is 0 Å². The number of aryl methyl sites for hydroxylation is 2. The summed E-state index contributed by atoms with van der Waals surface area (Å²) in [5, 5.41) is 1.02. The van der Waals surface area contributed by atoms with Crippen LogP contribution in [0.3, 0.4) is 0 Å². The van der Waals surface area contributed by atoms with Crippen LogP contribution in [0.1, 0.15) is 38.8 Å². The predicted molar refractivity (Wildman–Crippen MR) is 127 cm³/mol. The number of ketones is 1. The second-order valence-electron chi connectivity index (χ2n) is 7.83. The predicted octanol–water partition coefficient (Wildman–Crippen LogP) is 6.60. The average Bonchev–Trinajstić information content (AvgIpc) is 2.79. The first kappa shape index (κ1) is 21.7. The summed E-state index contributed by atoms with van der Waals surface area (Å²) < 4.78 is 5.58. The van der Waals surface area contributed by atoms with E-state index >= 15 is 0 Å². The average molecular weight is 444 g/mol. The highest BCUT2D eigenvalue weighted by atomic mass is 35.5. The van der Waals surface area contributed by atoms with E-state index in [0.29, 0.717) is 32.7 Å². The smallest absolute Gasteiger partial charge is 0.339 e. The van der Waals surface area contributed by atoms with E-state index in [1.54, 1.807) is 43.3 Å². The van der Waals surface area contributed by atoms with Gasteiger partial charge in [-0.25, -0.2) is 9.78 Å². The number of hydrogen-bond donors (Lipinski definition) is 0. The van der Waals surface area contributed by atoms with Gasteiger partial charge < -0.3 is 4.74 Å². The molecule has 4 aromatic rings. The van der Waals surface area contributed by atoms with E-state index in [-0.39, 0.29) is 5.78 Å². The van der Waals surface area contributed by atoms with Crippen LogP contribution in [0.25, 0.3) is 22.2 Å². The third-order valence-corrected chi connectivity index (χ3v) is 5.65. The molecule has 1 heterocycles. The number of rotatable bonds is 5. The molecule has 32 heavy (non-hydrogen) atoms. The van der Waals surface area contributed by atoms with Gasteiger partial charge in [0, 0.05) is 16.5 Å². The summed E-state index contributed by atoms with van der Waals surface area (Å²) in [5.74, 6) is -0.852. The second kappa shape index (κ2) is 8.93.